The van der Waals surface area contributed by atoms with Gasteiger partial charge in [-0.1, -0.05) is 0 Å². The molecule has 0 bridgehead atoms. The van der Waals surface area contributed by atoms with Crippen molar-refractivity contribution >= 4 is 17.4 Å². The first-order valence-electron chi connectivity index (χ1n) is 5.83. The minimum absolute atomic E-state index is 0.210. The molecule has 1 aromatic rings. The number of nitrogens with zero attached hydrogens (tertiary/aromatic N) is 2. The molecule has 0 radical (unpaired) electrons. The van der Waals surface area contributed by atoms with Crippen LogP contribution in [0.2, 0.25) is 0 Å². The lowest BCUT2D eigenvalue weighted by molar-refractivity contribution is 0.314. The molecule has 1 saturated heterocycles. The molecule has 0 spiro atoms. The quantitative estimate of drug-likeness (QED) is 0.680. The maximum atomic E-state index is 13.3. The minimum atomic E-state index is -1.64. The summed E-state index contributed by atoms with van der Waals surface area (Å²) >= 11 is 1.85. The maximum Gasteiger partial charge on any atom is 0.253 e. The molecule has 0 saturated carbocycles. The highest BCUT2D eigenvalue weighted by Crippen LogP contribution is 2.21. The van der Waals surface area contributed by atoms with Crippen molar-refractivity contribution in [3.05, 3.63) is 23.5 Å². The number of aromatic nitrogens is 1. The van der Waals surface area contributed by atoms with E-state index in [1.54, 1.807) is 0 Å². The van der Waals surface area contributed by atoms with Gasteiger partial charge >= 0.3 is 0 Å². The number of anilines is 1. The van der Waals surface area contributed by atoms with Crippen molar-refractivity contribution in [2.24, 2.45) is 0 Å². The van der Waals surface area contributed by atoms with Crippen molar-refractivity contribution in [3.63, 3.8) is 0 Å². The number of hydrogen-bond acceptors (Lipinski definition) is 4. The summed E-state index contributed by atoms with van der Waals surface area (Å²) in [5.41, 5.74) is -0.795. The van der Waals surface area contributed by atoms with Gasteiger partial charge in [-0.25, -0.2) is 0 Å². The summed E-state index contributed by atoms with van der Waals surface area (Å²) < 4.78 is 52.3. The van der Waals surface area contributed by atoms with Crippen LogP contribution in [0.3, 0.4) is 0 Å². The lowest BCUT2D eigenvalue weighted by Crippen LogP contribution is -2.36. The molecule has 2 rings (SSSR count). The van der Waals surface area contributed by atoms with E-state index < -0.39 is 29.2 Å². The van der Waals surface area contributed by atoms with Gasteiger partial charge in [-0.3, -0.25) is 4.90 Å². The van der Waals surface area contributed by atoms with Gasteiger partial charge in [-0.05, 0) is 0 Å². The molecule has 0 aliphatic carbocycles. The predicted octanol–water partition coefficient (Wildman–Crippen LogP) is 2.10. The largest absolute Gasteiger partial charge is 0.379 e. The predicted molar refractivity (Wildman–Crippen MR) is 66.3 cm³/mol. The summed E-state index contributed by atoms with van der Waals surface area (Å²) in [4.78, 5) is 4.61. The summed E-state index contributed by atoms with van der Waals surface area (Å²) in [5, 5.41) is 2.39. The average Bonchev–Trinajstić information content (AvgIpc) is 2.42. The summed E-state index contributed by atoms with van der Waals surface area (Å²) in [6.45, 7) is 2.57. The normalized spacial score (nSPS) is 16.6. The number of nitrogens with one attached hydrogen (secondary N) is 1. The van der Waals surface area contributed by atoms with Crippen LogP contribution in [0.4, 0.5) is 23.2 Å². The SMILES string of the molecule is Fc1nc(F)c(F)c(NCCN2CCSCC2)c1F. The molecular formula is C11H13F4N3S. The lowest BCUT2D eigenvalue weighted by atomic mass is 10.3. The van der Waals surface area contributed by atoms with Crippen molar-refractivity contribution in [2.45, 2.75) is 0 Å². The molecule has 0 unspecified atom stereocenters. The van der Waals surface area contributed by atoms with E-state index in [9.17, 15) is 17.6 Å². The first-order chi connectivity index (χ1) is 9.09. The number of halogens is 4. The minimum Gasteiger partial charge on any atom is -0.379 e. The second-order valence-corrected chi connectivity index (χ2v) is 5.30. The van der Waals surface area contributed by atoms with E-state index in [0.717, 1.165) is 24.6 Å². The Morgan fingerprint density at radius 1 is 1.05 bits per heavy atom. The third-order valence-electron chi connectivity index (χ3n) is 2.83. The number of pyridine rings is 1. The first-order valence-corrected chi connectivity index (χ1v) is 6.99. The molecule has 1 aliphatic rings. The van der Waals surface area contributed by atoms with E-state index in [4.69, 9.17) is 0 Å². The maximum absolute atomic E-state index is 13.3. The summed E-state index contributed by atoms with van der Waals surface area (Å²) in [6, 6.07) is 0. The molecule has 3 nitrogen and oxygen atoms in total. The molecule has 2 heterocycles. The molecule has 8 heteroatoms. The van der Waals surface area contributed by atoms with Gasteiger partial charge in [0.2, 0.25) is 11.6 Å². The van der Waals surface area contributed by atoms with Crippen LogP contribution in [0.5, 0.6) is 0 Å². The van der Waals surface area contributed by atoms with Gasteiger partial charge < -0.3 is 5.32 Å². The van der Waals surface area contributed by atoms with Crippen LogP contribution in [0.1, 0.15) is 0 Å². The fraction of sp³-hybridized carbons (Fsp3) is 0.545. The highest BCUT2D eigenvalue weighted by atomic mass is 32.2. The second kappa shape index (κ2) is 6.42. The van der Waals surface area contributed by atoms with Gasteiger partial charge in [-0.2, -0.15) is 34.3 Å². The molecule has 1 N–H and O–H groups in total. The molecule has 0 amide bonds. The van der Waals surface area contributed by atoms with Crippen LogP contribution < -0.4 is 5.32 Å². The molecule has 106 valence electrons. The highest BCUT2D eigenvalue weighted by molar-refractivity contribution is 7.99. The fourth-order valence-electron chi connectivity index (χ4n) is 1.81. The van der Waals surface area contributed by atoms with Gasteiger partial charge in [-0.15, -0.1) is 0 Å². The zero-order chi connectivity index (χ0) is 13.8. The smallest absolute Gasteiger partial charge is 0.253 e. The summed E-state index contributed by atoms with van der Waals surface area (Å²) in [7, 11) is 0. The zero-order valence-electron chi connectivity index (χ0n) is 10.1. The molecule has 0 aromatic carbocycles. The Bertz CT molecular complexity index is 426. The second-order valence-electron chi connectivity index (χ2n) is 4.08. The van der Waals surface area contributed by atoms with Gasteiger partial charge in [0.25, 0.3) is 11.9 Å². The Kier molecular flexibility index (Phi) is 4.87. The van der Waals surface area contributed by atoms with E-state index in [1.807, 2.05) is 11.8 Å². The van der Waals surface area contributed by atoms with Crippen molar-refractivity contribution in [2.75, 3.05) is 43.0 Å². The van der Waals surface area contributed by atoms with Crippen LogP contribution in [0.15, 0.2) is 0 Å². The lowest BCUT2D eigenvalue weighted by Gasteiger charge is -2.26. The van der Waals surface area contributed by atoms with Gasteiger partial charge in [0.05, 0.1) is 0 Å². The van der Waals surface area contributed by atoms with Gasteiger partial charge in [0.15, 0.2) is 0 Å². The van der Waals surface area contributed by atoms with Gasteiger partial charge in [0.1, 0.15) is 5.69 Å². The number of thioether (sulfide) groups is 1. The third kappa shape index (κ3) is 3.50. The number of rotatable bonds is 4. The molecule has 1 aliphatic heterocycles. The van der Waals surface area contributed by atoms with Crippen molar-refractivity contribution in [3.8, 4) is 0 Å². The summed E-state index contributed by atoms with van der Waals surface area (Å²) in [5.74, 6) is -4.24. The van der Waals surface area contributed by atoms with Crippen LogP contribution >= 0.6 is 11.8 Å². The van der Waals surface area contributed by atoms with E-state index in [-0.39, 0.29) is 6.54 Å². The zero-order valence-corrected chi connectivity index (χ0v) is 10.9. The Morgan fingerprint density at radius 3 is 2.21 bits per heavy atom. The highest BCUT2D eigenvalue weighted by Gasteiger charge is 2.20. The topological polar surface area (TPSA) is 28.2 Å². The molecule has 1 aromatic heterocycles. The fourth-order valence-corrected chi connectivity index (χ4v) is 2.78. The Morgan fingerprint density at radius 2 is 1.63 bits per heavy atom. The summed E-state index contributed by atoms with van der Waals surface area (Å²) in [6.07, 6.45) is 0. The van der Waals surface area contributed by atoms with Crippen molar-refractivity contribution in [1.82, 2.24) is 9.88 Å². The van der Waals surface area contributed by atoms with Crippen molar-refractivity contribution < 1.29 is 17.6 Å². The molecule has 19 heavy (non-hydrogen) atoms. The van der Waals surface area contributed by atoms with E-state index in [0.29, 0.717) is 6.54 Å². The molecule has 0 atom stereocenters. The third-order valence-corrected chi connectivity index (χ3v) is 3.77. The van der Waals surface area contributed by atoms with E-state index >= 15 is 0 Å². The van der Waals surface area contributed by atoms with Gasteiger partial charge in [0, 0.05) is 37.7 Å². The Labute approximate surface area is 112 Å². The molecule has 1 fully saturated rings. The first kappa shape index (κ1) is 14.4. The van der Waals surface area contributed by atoms with Crippen LogP contribution in [0.25, 0.3) is 0 Å². The molecular weight excluding hydrogens is 282 g/mol. The van der Waals surface area contributed by atoms with Crippen LogP contribution in [-0.4, -0.2) is 47.6 Å². The average molecular weight is 295 g/mol. The van der Waals surface area contributed by atoms with Crippen molar-refractivity contribution in [1.29, 1.82) is 0 Å². The van der Waals surface area contributed by atoms with E-state index in [1.165, 1.54) is 0 Å². The van der Waals surface area contributed by atoms with Crippen LogP contribution in [0, 0.1) is 23.5 Å². The standard InChI is InChI=1S/C11H13F4N3S/c12-7-9(8(13)11(15)17-10(7)14)16-1-2-18-3-5-19-6-4-18/h1-6H2,(H,16,17). The van der Waals surface area contributed by atoms with E-state index in [2.05, 4.69) is 15.2 Å². The Balaban J connectivity index is 1.95. The monoisotopic (exact) mass is 295 g/mol. The number of hydrogen-bond donors (Lipinski definition) is 1. The Hall–Kier alpha value is -1.02. The van der Waals surface area contributed by atoms with Crippen LogP contribution in [-0.2, 0) is 0 Å².